The number of nitrogens with two attached hydrogens (primary N) is 1. The molecule has 18 heavy (non-hydrogen) atoms. The van der Waals surface area contributed by atoms with Gasteiger partial charge in [0.05, 0.1) is 12.1 Å². The Bertz CT molecular complexity index is 351. The Kier molecular flexibility index (Phi) is 6.44. The summed E-state index contributed by atoms with van der Waals surface area (Å²) in [5.74, 6) is -0.0425. The number of carbonyl (C=O) groups is 1. The molecular weight excluding hydrogens is 224 g/mol. The van der Waals surface area contributed by atoms with Crippen molar-refractivity contribution in [3.63, 3.8) is 0 Å². The number of hydrogen-bond donors (Lipinski definition) is 2. The summed E-state index contributed by atoms with van der Waals surface area (Å²) in [5.41, 5.74) is 6.99. The van der Waals surface area contributed by atoms with Crippen LogP contribution in [0.15, 0.2) is 30.3 Å². The van der Waals surface area contributed by atoms with Crippen LogP contribution in [-0.4, -0.2) is 11.9 Å². The van der Waals surface area contributed by atoms with Gasteiger partial charge in [-0.1, -0.05) is 57.0 Å². The highest BCUT2D eigenvalue weighted by Gasteiger charge is 2.17. The zero-order valence-corrected chi connectivity index (χ0v) is 11.4. The minimum absolute atomic E-state index is 0.0425. The van der Waals surface area contributed by atoms with Gasteiger partial charge in [0.2, 0.25) is 5.91 Å². The highest BCUT2D eigenvalue weighted by Crippen LogP contribution is 2.18. The molecule has 0 saturated carbocycles. The van der Waals surface area contributed by atoms with E-state index >= 15 is 0 Å². The van der Waals surface area contributed by atoms with E-state index in [4.69, 9.17) is 5.73 Å². The van der Waals surface area contributed by atoms with Crippen LogP contribution < -0.4 is 11.1 Å². The number of hydrogen-bond acceptors (Lipinski definition) is 2. The van der Waals surface area contributed by atoms with Crippen LogP contribution in [0, 0.1) is 0 Å². The quantitative estimate of drug-likeness (QED) is 0.779. The van der Waals surface area contributed by atoms with E-state index in [1.54, 1.807) is 0 Å². The topological polar surface area (TPSA) is 55.1 Å². The fourth-order valence-corrected chi connectivity index (χ4v) is 2.02. The van der Waals surface area contributed by atoms with Gasteiger partial charge in [0.1, 0.15) is 0 Å². The van der Waals surface area contributed by atoms with E-state index < -0.39 is 6.04 Å². The maximum Gasteiger partial charge on any atom is 0.237 e. The number of benzene rings is 1. The second-order valence-corrected chi connectivity index (χ2v) is 4.66. The van der Waals surface area contributed by atoms with Gasteiger partial charge in [-0.15, -0.1) is 0 Å². The van der Waals surface area contributed by atoms with E-state index in [1.165, 1.54) is 0 Å². The van der Waals surface area contributed by atoms with Gasteiger partial charge in [-0.05, 0) is 18.4 Å². The lowest BCUT2D eigenvalue weighted by Gasteiger charge is -2.21. The molecule has 0 heterocycles. The summed E-state index contributed by atoms with van der Waals surface area (Å²) in [5, 5.41) is 3.05. The molecule has 1 unspecified atom stereocenters. The molecule has 0 spiro atoms. The third-order valence-corrected chi connectivity index (χ3v) is 3.03. The molecule has 3 N–H and O–H groups in total. The van der Waals surface area contributed by atoms with E-state index in [2.05, 4.69) is 12.2 Å². The maximum absolute atomic E-state index is 12.0. The van der Waals surface area contributed by atoms with Crippen molar-refractivity contribution in [3.05, 3.63) is 35.9 Å². The summed E-state index contributed by atoms with van der Waals surface area (Å²) in [7, 11) is 0. The van der Waals surface area contributed by atoms with Crippen molar-refractivity contribution < 1.29 is 4.79 Å². The van der Waals surface area contributed by atoms with Crippen molar-refractivity contribution in [3.8, 4) is 0 Å². The zero-order valence-electron chi connectivity index (χ0n) is 11.4. The number of amides is 1. The van der Waals surface area contributed by atoms with Crippen molar-refractivity contribution in [1.29, 1.82) is 0 Å². The first-order valence-electron chi connectivity index (χ1n) is 6.79. The average molecular weight is 248 g/mol. The monoisotopic (exact) mass is 248 g/mol. The summed E-state index contributed by atoms with van der Waals surface area (Å²) in [6.07, 6.45) is 3.63. The van der Waals surface area contributed by atoms with Gasteiger partial charge < -0.3 is 11.1 Å². The van der Waals surface area contributed by atoms with Crippen LogP contribution in [0.4, 0.5) is 0 Å². The molecule has 0 bridgehead atoms. The molecule has 1 aromatic carbocycles. The molecule has 0 saturated heterocycles. The summed E-state index contributed by atoms with van der Waals surface area (Å²) in [6.45, 7) is 4.15. The summed E-state index contributed by atoms with van der Waals surface area (Å²) in [6, 6.07) is 9.76. The van der Waals surface area contributed by atoms with Gasteiger partial charge in [-0.2, -0.15) is 0 Å². The maximum atomic E-state index is 12.0. The van der Waals surface area contributed by atoms with Gasteiger partial charge in [-0.25, -0.2) is 0 Å². The lowest BCUT2D eigenvalue weighted by molar-refractivity contribution is -0.123. The van der Waals surface area contributed by atoms with Crippen LogP contribution in [-0.2, 0) is 4.79 Å². The zero-order chi connectivity index (χ0) is 13.4. The van der Waals surface area contributed by atoms with E-state index in [0.717, 1.165) is 31.2 Å². The van der Waals surface area contributed by atoms with Crippen LogP contribution in [0.5, 0.6) is 0 Å². The average Bonchev–Trinajstić information content (AvgIpc) is 2.39. The predicted octanol–water partition coefficient (Wildman–Crippen LogP) is 2.77. The van der Waals surface area contributed by atoms with Gasteiger partial charge in [0, 0.05) is 0 Å². The Labute approximate surface area is 110 Å². The second-order valence-electron chi connectivity index (χ2n) is 4.66. The Morgan fingerprint density at radius 2 is 1.78 bits per heavy atom. The summed E-state index contributed by atoms with van der Waals surface area (Å²) >= 11 is 0. The Morgan fingerprint density at radius 1 is 1.17 bits per heavy atom. The molecule has 1 rings (SSSR count). The normalized spacial score (nSPS) is 13.9. The first kappa shape index (κ1) is 14.7. The fourth-order valence-electron chi connectivity index (χ4n) is 2.02. The van der Waals surface area contributed by atoms with Crippen molar-refractivity contribution in [2.75, 3.05) is 0 Å². The van der Waals surface area contributed by atoms with Gasteiger partial charge in [0.25, 0.3) is 0 Å². The molecule has 2 atom stereocenters. The Hall–Kier alpha value is -1.35. The van der Waals surface area contributed by atoms with Crippen molar-refractivity contribution in [2.45, 2.75) is 51.6 Å². The number of rotatable bonds is 7. The van der Waals surface area contributed by atoms with Gasteiger partial charge >= 0.3 is 0 Å². The molecule has 1 aromatic rings. The predicted molar refractivity (Wildman–Crippen MR) is 75.1 cm³/mol. The standard InChI is InChI=1S/C15H24N2O/c1-3-8-13(16)15(18)17-14(9-4-2)12-10-6-5-7-11-12/h5-7,10-11,13-14H,3-4,8-9,16H2,1-2H3,(H,17,18)/t13-,14?/m1/s1. The first-order chi connectivity index (χ1) is 8.69. The first-order valence-corrected chi connectivity index (χ1v) is 6.79. The minimum Gasteiger partial charge on any atom is -0.348 e. The fraction of sp³-hybridized carbons (Fsp3) is 0.533. The van der Waals surface area contributed by atoms with E-state index in [0.29, 0.717) is 0 Å². The smallest absolute Gasteiger partial charge is 0.237 e. The van der Waals surface area contributed by atoms with Gasteiger partial charge in [0.15, 0.2) is 0 Å². The molecule has 0 aromatic heterocycles. The SMILES string of the molecule is CCCC(NC(=O)[C@H](N)CCC)c1ccccc1. The third kappa shape index (κ3) is 4.49. The van der Waals surface area contributed by atoms with E-state index in [-0.39, 0.29) is 11.9 Å². The van der Waals surface area contributed by atoms with Crippen LogP contribution in [0.2, 0.25) is 0 Å². The molecule has 3 heteroatoms. The number of nitrogens with one attached hydrogen (secondary N) is 1. The lowest BCUT2D eigenvalue weighted by atomic mass is 10.0. The number of carbonyl (C=O) groups excluding carboxylic acids is 1. The van der Waals surface area contributed by atoms with E-state index in [1.807, 2.05) is 37.3 Å². The highest BCUT2D eigenvalue weighted by molar-refractivity contribution is 5.81. The molecule has 0 fully saturated rings. The third-order valence-electron chi connectivity index (χ3n) is 3.03. The lowest BCUT2D eigenvalue weighted by Crippen LogP contribution is -2.42. The molecule has 100 valence electrons. The Morgan fingerprint density at radius 3 is 2.33 bits per heavy atom. The minimum atomic E-state index is -0.391. The van der Waals surface area contributed by atoms with Crippen LogP contribution in [0.3, 0.4) is 0 Å². The van der Waals surface area contributed by atoms with Crippen molar-refractivity contribution >= 4 is 5.91 Å². The molecule has 0 radical (unpaired) electrons. The molecular formula is C15H24N2O. The van der Waals surface area contributed by atoms with E-state index in [9.17, 15) is 4.79 Å². The molecule has 1 amide bonds. The van der Waals surface area contributed by atoms with Crippen LogP contribution >= 0.6 is 0 Å². The molecule has 0 aliphatic rings. The van der Waals surface area contributed by atoms with Crippen LogP contribution in [0.1, 0.15) is 51.1 Å². The molecule has 0 aliphatic heterocycles. The second kappa shape index (κ2) is 7.88. The summed E-state index contributed by atoms with van der Waals surface area (Å²) in [4.78, 5) is 12.0. The van der Waals surface area contributed by atoms with Crippen molar-refractivity contribution in [2.24, 2.45) is 5.73 Å². The van der Waals surface area contributed by atoms with Gasteiger partial charge in [-0.3, -0.25) is 4.79 Å². The van der Waals surface area contributed by atoms with Crippen molar-refractivity contribution in [1.82, 2.24) is 5.32 Å². The Balaban J connectivity index is 2.66. The summed E-state index contributed by atoms with van der Waals surface area (Å²) < 4.78 is 0. The highest BCUT2D eigenvalue weighted by atomic mass is 16.2. The molecule has 0 aliphatic carbocycles. The largest absolute Gasteiger partial charge is 0.348 e. The molecule has 3 nitrogen and oxygen atoms in total. The van der Waals surface area contributed by atoms with Crippen LogP contribution in [0.25, 0.3) is 0 Å².